The van der Waals surface area contributed by atoms with Crippen LogP contribution in [0.25, 0.3) is 10.9 Å². The molecule has 0 bridgehead atoms. The van der Waals surface area contributed by atoms with Crippen molar-refractivity contribution in [2.45, 2.75) is 26.3 Å². The second kappa shape index (κ2) is 6.57. The summed E-state index contributed by atoms with van der Waals surface area (Å²) in [5.74, 6) is 0.0790. The van der Waals surface area contributed by atoms with E-state index in [-0.39, 0.29) is 11.9 Å². The van der Waals surface area contributed by atoms with Crippen molar-refractivity contribution in [2.75, 3.05) is 19.8 Å². The van der Waals surface area contributed by atoms with Gasteiger partial charge in [-0.05, 0) is 19.9 Å². The SMILES string of the molecule is Cc1nn(C)c(C)c1C1COCCN1C(=O)Cc1[nH]nc2ccccc12. The van der Waals surface area contributed by atoms with Gasteiger partial charge in [-0.15, -0.1) is 0 Å². The Morgan fingerprint density at radius 2 is 2.15 bits per heavy atom. The molecule has 3 heterocycles. The maximum absolute atomic E-state index is 13.1. The molecule has 1 N–H and O–H groups in total. The highest BCUT2D eigenvalue weighted by Gasteiger charge is 2.32. The van der Waals surface area contributed by atoms with Crippen LogP contribution in [-0.2, 0) is 23.0 Å². The zero-order valence-electron chi connectivity index (χ0n) is 15.3. The first-order chi connectivity index (χ1) is 12.6. The number of ether oxygens (including phenoxy) is 1. The smallest absolute Gasteiger partial charge is 0.229 e. The number of carbonyl (C=O) groups excluding carboxylic acids is 1. The summed E-state index contributed by atoms with van der Waals surface area (Å²) in [6.45, 7) is 5.67. The number of hydrogen-bond acceptors (Lipinski definition) is 4. The molecule has 1 atom stereocenters. The minimum Gasteiger partial charge on any atom is -0.377 e. The molecule has 3 aromatic rings. The van der Waals surface area contributed by atoms with Gasteiger partial charge in [0.25, 0.3) is 0 Å². The summed E-state index contributed by atoms with van der Waals surface area (Å²) < 4.78 is 7.56. The Morgan fingerprint density at radius 1 is 1.35 bits per heavy atom. The first-order valence-electron chi connectivity index (χ1n) is 8.85. The second-order valence-electron chi connectivity index (χ2n) is 6.78. The topological polar surface area (TPSA) is 76.0 Å². The van der Waals surface area contributed by atoms with Gasteiger partial charge in [0.1, 0.15) is 0 Å². The predicted molar refractivity (Wildman–Crippen MR) is 97.8 cm³/mol. The molecule has 0 spiro atoms. The Balaban J connectivity index is 1.63. The number of morpholine rings is 1. The van der Waals surface area contributed by atoms with Crippen molar-refractivity contribution in [3.05, 3.63) is 46.9 Å². The number of aryl methyl sites for hydroxylation is 2. The summed E-state index contributed by atoms with van der Waals surface area (Å²) in [5, 5.41) is 12.8. The van der Waals surface area contributed by atoms with Gasteiger partial charge in [0.05, 0.1) is 42.6 Å². The quantitative estimate of drug-likeness (QED) is 0.782. The van der Waals surface area contributed by atoms with Gasteiger partial charge < -0.3 is 9.64 Å². The number of rotatable bonds is 3. The summed E-state index contributed by atoms with van der Waals surface area (Å²) in [6, 6.07) is 7.75. The van der Waals surface area contributed by atoms with Crippen LogP contribution in [0.15, 0.2) is 24.3 Å². The average molecular weight is 353 g/mol. The third-order valence-electron chi connectivity index (χ3n) is 5.22. The minimum atomic E-state index is -0.0980. The highest BCUT2D eigenvalue weighted by atomic mass is 16.5. The molecule has 7 heteroatoms. The van der Waals surface area contributed by atoms with Crippen LogP contribution in [0.1, 0.15) is 28.7 Å². The number of fused-ring (bicyclic) bond motifs is 1. The first kappa shape index (κ1) is 16.8. The molecular weight excluding hydrogens is 330 g/mol. The summed E-state index contributed by atoms with van der Waals surface area (Å²) >= 11 is 0. The van der Waals surface area contributed by atoms with Gasteiger partial charge in [-0.2, -0.15) is 10.2 Å². The Labute approximate surface area is 151 Å². The number of amides is 1. The number of nitrogens with one attached hydrogen (secondary N) is 1. The van der Waals surface area contributed by atoms with E-state index in [0.29, 0.717) is 26.2 Å². The number of nitrogens with zero attached hydrogens (tertiary/aromatic N) is 4. The Kier molecular flexibility index (Phi) is 4.24. The number of carbonyl (C=O) groups is 1. The molecule has 4 rings (SSSR count). The van der Waals surface area contributed by atoms with E-state index >= 15 is 0 Å². The van der Waals surface area contributed by atoms with Crippen molar-refractivity contribution in [1.82, 2.24) is 24.9 Å². The van der Waals surface area contributed by atoms with Gasteiger partial charge in [0, 0.05) is 30.2 Å². The Hall–Kier alpha value is -2.67. The lowest BCUT2D eigenvalue weighted by atomic mass is 10.0. The van der Waals surface area contributed by atoms with Gasteiger partial charge in [-0.25, -0.2) is 0 Å². The third kappa shape index (κ3) is 2.78. The van der Waals surface area contributed by atoms with Crippen molar-refractivity contribution < 1.29 is 9.53 Å². The zero-order valence-corrected chi connectivity index (χ0v) is 15.3. The number of hydrogen-bond donors (Lipinski definition) is 1. The van der Waals surface area contributed by atoms with E-state index in [4.69, 9.17) is 4.74 Å². The molecule has 0 aliphatic carbocycles. The summed E-state index contributed by atoms with van der Waals surface area (Å²) in [4.78, 5) is 15.0. The molecule has 2 aromatic heterocycles. The largest absolute Gasteiger partial charge is 0.377 e. The van der Waals surface area contributed by atoms with E-state index in [2.05, 4.69) is 15.3 Å². The fourth-order valence-corrected chi connectivity index (χ4v) is 3.82. The van der Waals surface area contributed by atoms with E-state index in [1.54, 1.807) is 0 Å². The molecule has 1 unspecified atom stereocenters. The van der Waals surface area contributed by atoms with Crippen molar-refractivity contribution >= 4 is 16.8 Å². The molecule has 0 radical (unpaired) electrons. The van der Waals surface area contributed by atoms with Gasteiger partial charge in [-0.1, -0.05) is 18.2 Å². The zero-order chi connectivity index (χ0) is 18.3. The number of H-pyrrole nitrogens is 1. The number of aromatic nitrogens is 4. The van der Waals surface area contributed by atoms with Crippen LogP contribution in [0, 0.1) is 13.8 Å². The first-order valence-corrected chi connectivity index (χ1v) is 8.85. The van der Waals surface area contributed by atoms with Crippen molar-refractivity contribution in [3.8, 4) is 0 Å². The normalized spacial score (nSPS) is 17.8. The molecule has 0 saturated carbocycles. The fraction of sp³-hybridized carbons (Fsp3) is 0.421. The van der Waals surface area contributed by atoms with Crippen LogP contribution >= 0.6 is 0 Å². The van der Waals surface area contributed by atoms with Gasteiger partial charge in [0.2, 0.25) is 5.91 Å². The molecule has 7 nitrogen and oxygen atoms in total. The summed E-state index contributed by atoms with van der Waals surface area (Å²) in [7, 11) is 1.93. The number of benzene rings is 1. The number of aromatic amines is 1. The molecule has 1 aliphatic rings. The van der Waals surface area contributed by atoms with Crippen LogP contribution in [-0.4, -0.2) is 50.5 Å². The van der Waals surface area contributed by atoms with Crippen LogP contribution in [0.5, 0.6) is 0 Å². The summed E-state index contributed by atoms with van der Waals surface area (Å²) in [6.07, 6.45) is 0.301. The monoisotopic (exact) mass is 353 g/mol. The van der Waals surface area contributed by atoms with E-state index in [1.807, 2.05) is 54.7 Å². The predicted octanol–water partition coefficient (Wildman–Crippen LogP) is 2.06. The highest BCUT2D eigenvalue weighted by molar-refractivity contribution is 5.87. The molecule has 1 fully saturated rings. The maximum Gasteiger partial charge on any atom is 0.229 e. The second-order valence-corrected chi connectivity index (χ2v) is 6.78. The average Bonchev–Trinajstić information content (AvgIpc) is 3.16. The molecule has 26 heavy (non-hydrogen) atoms. The van der Waals surface area contributed by atoms with E-state index in [1.165, 1.54) is 0 Å². The van der Waals surface area contributed by atoms with Gasteiger partial charge >= 0.3 is 0 Å². The minimum absolute atomic E-state index is 0.0790. The fourth-order valence-electron chi connectivity index (χ4n) is 3.82. The summed E-state index contributed by atoms with van der Waals surface area (Å²) in [5.41, 5.74) is 4.85. The van der Waals surface area contributed by atoms with Crippen molar-refractivity contribution in [2.24, 2.45) is 7.05 Å². The molecule has 1 aliphatic heterocycles. The van der Waals surface area contributed by atoms with E-state index in [0.717, 1.165) is 33.5 Å². The Morgan fingerprint density at radius 3 is 2.92 bits per heavy atom. The maximum atomic E-state index is 13.1. The highest BCUT2D eigenvalue weighted by Crippen LogP contribution is 2.30. The van der Waals surface area contributed by atoms with E-state index in [9.17, 15) is 4.79 Å². The molecule has 136 valence electrons. The van der Waals surface area contributed by atoms with Gasteiger partial charge in [-0.3, -0.25) is 14.6 Å². The lowest BCUT2D eigenvalue weighted by Gasteiger charge is -2.36. The van der Waals surface area contributed by atoms with E-state index < -0.39 is 0 Å². The third-order valence-corrected chi connectivity index (χ3v) is 5.22. The molecule has 1 amide bonds. The van der Waals surface area contributed by atoms with Gasteiger partial charge in [0.15, 0.2) is 0 Å². The van der Waals surface area contributed by atoms with Crippen molar-refractivity contribution in [3.63, 3.8) is 0 Å². The van der Waals surface area contributed by atoms with Crippen LogP contribution < -0.4 is 0 Å². The Bertz CT molecular complexity index is 958. The molecule has 1 aromatic carbocycles. The standard InChI is InChI=1S/C19H23N5O2/c1-12-19(13(2)23(3)22-12)17-11-26-9-8-24(17)18(25)10-16-14-6-4-5-7-15(14)20-21-16/h4-7,17H,8-11H2,1-3H3,(H,20,21). The molecular formula is C19H23N5O2. The lowest BCUT2D eigenvalue weighted by Crippen LogP contribution is -2.44. The molecule has 1 saturated heterocycles. The number of para-hydroxylation sites is 1. The van der Waals surface area contributed by atoms with Crippen LogP contribution in [0.2, 0.25) is 0 Å². The van der Waals surface area contributed by atoms with Crippen LogP contribution in [0.3, 0.4) is 0 Å². The van der Waals surface area contributed by atoms with Crippen LogP contribution in [0.4, 0.5) is 0 Å². The van der Waals surface area contributed by atoms with Crippen molar-refractivity contribution in [1.29, 1.82) is 0 Å². The lowest BCUT2D eigenvalue weighted by molar-refractivity contribution is -0.139.